The van der Waals surface area contributed by atoms with E-state index >= 15 is 0 Å². The van der Waals surface area contributed by atoms with E-state index in [1.807, 2.05) is 38.1 Å². The highest BCUT2D eigenvalue weighted by Gasteiger charge is 2.20. The summed E-state index contributed by atoms with van der Waals surface area (Å²) in [5.41, 5.74) is 2.44. The van der Waals surface area contributed by atoms with Crippen LogP contribution >= 0.6 is 11.6 Å². The highest BCUT2D eigenvalue weighted by atomic mass is 35.5. The fourth-order valence-electron chi connectivity index (χ4n) is 3.33. The Kier molecular flexibility index (Phi) is 9.84. The Bertz CT molecular complexity index is 992. The van der Waals surface area contributed by atoms with Crippen molar-refractivity contribution in [3.63, 3.8) is 0 Å². The Labute approximate surface area is 197 Å². The van der Waals surface area contributed by atoms with E-state index in [1.54, 1.807) is 25.1 Å². The highest BCUT2D eigenvalue weighted by molar-refractivity contribution is 7.92. The van der Waals surface area contributed by atoms with E-state index < -0.39 is 10.0 Å². The highest BCUT2D eigenvalue weighted by Crippen LogP contribution is 2.28. The molecule has 0 bridgehead atoms. The van der Waals surface area contributed by atoms with Crippen LogP contribution in [0.3, 0.4) is 0 Å². The Balaban J connectivity index is 1.75. The lowest BCUT2D eigenvalue weighted by atomic mass is 10.1. The van der Waals surface area contributed by atoms with Gasteiger partial charge in [0.15, 0.2) is 0 Å². The normalized spacial score (nSPS) is 11.4. The predicted octanol–water partition coefficient (Wildman–Crippen LogP) is 4.73. The molecule has 2 rings (SSSR count). The van der Waals surface area contributed by atoms with E-state index in [1.165, 1.54) is 9.87 Å². The van der Waals surface area contributed by atoms with Crippen LogP contribution in [0.25, 0.3) is 0 Å². The average Bonchev–Trinajstić information content (AvgIpc) is 2.71. The quantitative estimate of drug-likeness (QED) is 0.445. The van der Waals surface area contributed by atoms with Crippen LogP contribution in [0, 0.1) is 6.92 Å². The maximum absolute atomic E-state index is 12.3. The van der Waals surface area contributed by atoms with Crippen molar-refractivity contribution in [1.82, 2.24) is 5.32 Å². The third-order valence-corrected chi connectivity index (χ3v) is 6.52. The van der Waals surface area contributed by atoms with Crippen LogP contribution in [0.4, 0.5) is 5.69 Å². The van der Waals surface area contributed by atoms with Crippen LogP contribution in [0.1, 0.15) is 44.2 Å². The molecule has 0 atom stereocenters. The predicted molar refractivity (Wildman–Crippen MR) is 131 cm³/mol. The van der Waals surface area contributed by atoms with E-state index in [9.17, 15) is 13.2 Å². The van der Waals surface area contributed by atoms with E-state index in [4.69, 9.17) is 16.3 Å². The topological polar surface area (TPSA) is 75.7 Å². The summed E-state index contributed by atoms with van der Waals surface area (Å²) in [5, 5.41) is 3.42. The molecule has 0 saturated heterocycles. The molecule has 0 aliphatic carbocycles. The molecule has 2 aromatic rings. The molecule has 6 nitrogen and oxygen atoms in total. The van der Waals surface area contributed by atoms with Crippen molar-refractivity contribution < 1.29 is 17.9 Å². The van der Waals surface area contributed by atoms with Crippen molar-refractivity contribution >= 4 is 33.2 Å². The second-order valence-electron chi connectivity index (χ2n) is 8.09. The van der Waals surface area contributed by atoms with Gasteiger partial charge in [0.1, 0.15) is 5.75 Å². The molecule has 0 spiro atoms. The van der Waals surface area contributed by atoms with Crippen LogP contribution in [0.2, 0.25) is 5.02 Å². The number of sulfonamides is 1. The standard InChI is InChI=1S/C24H33ClN2O4S/c1-18(2)31-21-14-12-20(13-15-21)8-6-16-26-24(28)11-7-17-27(32(4,29)30)23-10-5-9-22(25)19(23)3/h5,9-10,12-15,18H,6-8,11,16-17H2,1-4H3,(H,26,28). The number of amides is 1. The Morgan fingerprint density at radius 1 is 1.12 bits per heavy atom. The number of halogens is 1. The van der Waals surface area contributed by atoms with E-state index in [0.29, 0.717) is 29.2 Å². The second kappa shape index (κ2) is 12.1. The molecule has 0 aliphatic heterocycles. The maximum Gasteiger partial charge on any atom is 0.232 e. The summed E-state index contributed by atoms with van der Waals surface area (Å²) in [6.45, 7) is 6.57. The van der Waals surface area contributed by atoms with Crippen LogP contribution in [0.15, 0.2) is 42.5 Å². The minimum Gasteiger partial charge on any atom is -0.491 e. The number of rotatable bonds is 12. The summed E-state index contributed by atoms with van der Waals surface area (Å²) >= 11 is 6.14. The zero-order valence-corrected chi connectivity index (χ0v) is 20.8. The summed E-state index contributed by atoms with van der Waals surface area (Å²) < 4.78 is 31.5. The third-order valence-electron chi connectivity index (χ3n) is 4.93. The van der Waals surface area contributed by atoms with Crippen molar-refractivity contribution in [2.24, 2.45) is 0 Å². The Hall–Kier alpha value is -2.25. The number of ether oxygens (including phenoxy) is 1. The number of nitrogens with one attached hydrogen (secondary N) is 1. The van der Waals surface area contributed by atoms with Gasteiger partial charge in [-0.25, -0.2) is 8.42 Å². The van der Waals surface area contributed by atoms with Crippen LogP contribution in [0.5, 0.6) is 5.75 Å². The van der Waals surface area contributed by atoms with Gasteiger partial charge in [-0.15, -0.1) is 0 Å². The SMILES string of the molecule is Cc1c(Cl)cccc1N(CCCC(=O)NCCCc1ccc(OC(C)C)cc1)S(C)(=O)=O. The van der Waals surface area contributed by atoms with Gasteiger partial charge >= 0.3 is 0 Å². The molecule has 0 heterocycles. The fraction of sp³-hybridized carbons (Fsp3) is 0.458. The van der Waals surface area contributed by atoms with E-state index in [2.05, 4.69) is 5.32 Å². The number of aryl methyl sites for hydroxylation is 1. The zero-order valence-electron chi connectivity index (χ0n) is 19.2. The summed E-state index contributed by atoms with van der Waals surface area (Å²) in [7, 11) is -3.48. The minimum atomic E-state index is -3.48. The number of hydrogen-bond donors (Lipinski definition) is 1. The third kappa shape index (κ3) is 8.36. The zero-order chi connectivity index (χ0) is 23.7. The van der Waals surface area contributed by atoms with Crippen LogP contribution in [-0.2, 0) is 21.2 Å². The molecule has 32 heavy (non-hydrogen) atoms. The first-order valence-corrected chi connectivity index (χ1v) is 13.1. The van der Waals surface area contributed by atoms with E-state index in [-0.39, 0.29) is 25.0 Å². The van der Waals surface area contributed by atoms with Gasteiger partial charge in [-0.2, -0.15) is 0 Å². The van der Waals surface area contributed by atoms with Crippen molar-refractivity contribution in [2.45, 2.75) is 52.6 Å². The first kappa shape index (κ1) is 26.0. The lowest BCUT2D eigenvalue weighted by Crippen LogP contribution is -2.32. The molecule has 0 aromatic heterocycles. The second-order valence-corrected chi connectivity index (χ2v) is 10.4. The van der Waals surface area contributed by atoms with Crippen molar-refractivity contribution in [2.75, 3.05) is 23.7 Å². The lowest BCUT2D eigenvalue weighted by molar-refractivity contribution is -0.121. The van der Waals surface area contributed by atoms with Crippen LogP contribution in [-0.4, -0.2) is 39.8 Å². The first-order valence-electron chi connectivity index (χ1n) is 10.8. The van der Waals surface area contributed by atoms with Gasteiger partial charge in [0.25, 0.3) is 0 Å². The summed E-state index contributed by atoms with van der Waals surface area (Å²) in [4.78, 5) is 12.2. The minimum absolute atomic E-state index is 0.0815. The van der Waals surface area contributed by atoms with Crippen LogP contribution < -0.4 is 14.4 Å². The molecule has 0 unspecified atom stereocenters. The van der Waals surface area contributed by atoms with Crippen molar-refractivity contribution in [1.29, 1.82) is 0 Å². The molecule has 176 valence electrons. The fourth-order valence-corrected chi connectivity index (χ4v) is 4.52. The molecule has 0 saturated carbocycles. The smallest absolute Gasteiger partial charge is 0.232 e. The van der Waals surface area contributed by atoms with Gasteiger partial charge in [-0.05, 0) is 75.4 Å². The number of hydrogen-bond acceptors (Lipinski definition) is 4. The number of anilines is 1. The monoisotopic (exact) mass is 480 g/mol. The number of benzene rings is 2. The van der Waals surface area contributed by atoms with Gasteiger partial charge in [-0.3, -0.25) is 9.10 Å². The molecule has 0 radical (unpaired) electrons. The van der Waals surface area contributed by atoms with Crippen molar-refractivity contribution in [3.05, 3.63) is 58.6 Å². The number of nitrogens with zero attached hydrogens (tertiary/aromatic N) is 1. The molecule has 0 fully saturated rings. The Morgan fingerprint density at radius 2 is 1.81 bits per heavy atom. The van der Waals surface area contributed by atoms with E-state index in [0.717, 1.165) is 24.8 Å². The lowest BCUT2D eigenvalue weighted by Gasteiger charge is -2.24. The molecule has 8 heteroatoms. The van der Waals surface area contributed by atoms with Crippen molar-refractivity contribution in [3.8, 4) is 5.75 Å². The number of carbonyl (C=O) groups is 1. The Morgan fingerprint density at radius 3 is 2.44 bits per heavy atom. The van der Waals surface area contributed by atoms with Gasteiger partial charge in [0.2, 0.25) is 15.9 Å². The largest absolute Gasteiger partial charge is 0.491 e. The molecule has 2 aromatic carbocycles. The average molecular weight is 481 g/mol. The number of carbonyl (C=O) groups excluding carboxylic acids is 1. The summed E-state index contributed by atoms with van der Waals surface area (Å²) in [6, 6.07) is 13.2. The molecule has 1 N–H and O–H groups in total. The summed E-state index contributed by atoms with van der Waals surface area (Å²) in [6.07, 6.45) is 3.67. The molecule has 0 aliphatic rings. The van der Waals surface area contributed by atoms with Gasteiger partial charge in [0, 0.05) is 24.5 Å². The maximum atomic E-state index is 12.3. The first-order chi connectivity index (χ1) is 15.1. The molecular weight excluding hydrogens is 448 g/mol. The van der Waals surface area contributed by atoms with Gasteiger partial charge in [-0.1, -0.05) is 29.8 Å². The summed E-state index contributed by atoms with van der Waals surface area (Å²) in [5.74, 6) is 0.773. The van der Waals surface area contributed by atoms with Gasteiger partial charge in [0.05, 0.1) is 18.0 Å². The molecular formula is C24H33ClN2O4S. The van der Waals surface area contributed by atoms with Gasteiger partial charge < -0.3 is 10.1 Å². The molecule has 1 amide bonds.